The van der Waals surface area contributed by atoms with Crippen molar-refractivity contribution in [1.82, 2.24) is 9.80 Å². The highest BCUT2D eigenvalue weighted by Gasteiger charge is 2.59. The van der Waals surface area contributed by atoms with E-state index < -0.39 is 76.4 Å². The average Bonchev–Trinajstić information content (AvgIpc) is 3.27. The molecule has 8 rings (SSSR count). The van der Waals surface area contributed by atoms with Gasteiger partial charge in [-0.2, -0.15) is 56.0 Å². The summed E-state index contributed by atoms with van der Waals surface area (Å²) < 4.78 is 106. The minimum absolute atomic E-state index is 0.00754. The number of nitrogens with zero attached hydrogens (tertiary/aromatic N) is 6. The lowest BCUT2D eigenvalue weighted by Gasteiger charge is -2.56. The minimum Gasteiger partial charge on any atom is -0.322 e. The zero-order chi connectivity index (χ0) is 51.1. The van der Waals surface area contributed by atoms with Crippen LogP contribution in [-0.4, -0.2) is 69.9 Å². The molecule has 0 bridgehead atoms. The van der Waals surface area contributed by atoms with E-state index in [1.165, 1.54) is 58.3 Å². The van der Waals surface area contributed by atoms with Crippen LogP contribution in [0.1, 0.15) is 72.4 Å². The fourth-order valence-electron chi connectivity index (χ4n) is 8.70. The number of alkyl halides is 6. The summed E-state index contributed by atoms with van der Waals surface area (Å²) in [5.74, 6) is -3.06. The maximum atomic E-state index is 14.6. The van der Waals surface area contributed by atoms with Crippen molar-refractivity contribution >= 4 is 47.3 Å². The van der Waals surface area contributed by atoms with Crippen LogP contribution in [0.2, 0.25) is 0 Å². The molecule has 69 heavy (non-hydrogen) atoms. The number of amides is 4. The zero-order valence-electron chi connectivity index (χ0n) is 36.0. The van der Waals surface area contributed by atoms with Gasteiger partial charge in [-0.1, -0.05) is 31.2 Å². The molecule has 4 amide bonds. The van der Waals surface area contributed by atoms with Gasteiger partial charge in [0.05, 0.1) is 45.8 Å². The van der Waals surface area contributed by atoms with E-state index in [1.54, 1.807) is 0 Å². The van der Waals surface area contributed by atoms with E-state index in [0.717, 1.165) is 46.2 Å². The number of carbonyl (C=O) groups excluding carboxylic acids is 8. The molecule has 4 aromatic carbocycles. The lowest BCUT2D eigenvalue weighted by molar-refractivity contribution is -0.193. The Morgan fingerprint density at radius 3 is 1.22 bits per heavy atom. The van der Waals surface area contributed by atoms with Gasteiger partial charge in [0.25, 0.3) is 11.8 Å². The normalized spacial score (nSPS) is 19.2. The molecule has 2 heterocycles. The van der Waals surface area contributed by atoms with Gasteiger partial charge in [0.2, 0.25) is 11.8 Å². The second kappa shape index (κ2) is 20.8. The Balaban J connectivity index is 0.000000231. The Kier molecular flexibility index (Phi) is 15.7. The van der Waals surface area contributed by atoms with Crippen molar-refractivity contribution in [3.05, 3.63) is 130 Å². The molecule has 2 aliphatic carbocycles. The Hall–Kier alpha value is -8.06. The molecule has 0 atom stereocenters. The summed E-state index contributed by atoms with van der Waals surface area (Å²) in [7, 11) is 0. The van der Waals surface area contributed by atoms with E-state index in [2.05, 4.69) is 0 Å². The van der Waals surface area contributed by atoms with Crippen LogP contribution in [0.3, 0.4) is 0 Å². The number of hydrogen-bond donors (Lipinski definition) is 0. The van der Waals surface area contributed by atoms with E-state index in [0.29, 0.717) is 43.2 Å². The Morgan fingerprint density at radius 1 is 0.580 bits per heavy atom. The molecule has 2 saturated heterocycles. The molecule has 0 unspecified atom stereocenters. The quantitative estimate of drug-likeness (QED) is 0.180. The highest BCUT2D eigenvalue weighted by atomic mass is 19.4. The van der Waals surface area contributed by atoms with Crippen molar-refractivity contribution in [3.8, 4) is 12.1 Å². The molecule has 4 aromatic rings. The van der Waals surface area contributed by atoms with Crippen molar-refractivity contribution in [3.63, 3.8) is 0 Å². The summed E-state index contributed by atoms with van der Waals surface area (Å²) in [4.78, 5) is 90.4. The second-order valence-electron chi connectivity index (χ2n) is 16.3. The summed E-state index contributed by atoms with van der Waals surface area (Å²) in [5.41, 5.74) is -2.91. The Labute approximate surface area is 386 Å². The topological polar surface area (TPSA) is 197 Å². The first kappa shape index (κ1) is 51.9. The molecule has 2 aliphatic heterocycles. The lowest BCUT2D eigenvalue weighted by Crippen LogP contribution is -2.72. The van der Waals surface area contributed by atoms with Crippen LogP contribution in [0.4, 0.5) is 46.5 Å². The number of piperazine rings is 2. The average molecular weight is 965 g/mol. The standard InChI is InChI=1S/C23H19F4N3O2.C22H17F4N3O2.2CO2/c1-14-9-22(10-14)21(32)29(19-7-4-16(11-28)8-18(19)24)13-20(31)30(22)12-15-2-5-17(6-3-15)23(25,26)27;23-17-10-15(11-27)4-7-18(17)28-13-19(30)29(21(20(28)31)8-1-9-21)12-14-2-5-16(6-3-14)22(24,25)26;2*2-1-3/h2-8,14H,9-10,12-13H2,1H3;2-7,10H,1,8-9,12-13H2;;. The number of anilines is 2. The summed E-state index contributed by atoms with van der Waals surface area (Å²) in [6.45, 7) is 1.13. The zero-order valence-corrected chi connectivity index (χ0v) is 36.0. The monoisotopic (exact) mass is 964 g/mol. The van der Waals surface area contributed by atoms with Crippen molar-refractivity contribution in [2.45, 2.75) is 75.5 Å². The molecule has 2 spiro atoms. The maximum Gasteiger partial charge on any atom is 0.416 e. The van der Waals surface area contributed by atoms with E-state index in [4.69, 9.17) is 29.7 Å². The fraction of sp³-hybridized carbons (Fsp3) is 0.319. The number of hydrogen-bond acceptors (Lipinski definition) is 10. The van der Waals surface area contributed by atoms with Gasteiger partial charge in [-0.15, -0.1) is 0 Å². The molecule has 0 N–H and O–H groups in total. The van der Waals surface area contributed by atoms with Gasteiger partial charge in [-0.25, -0.2) is 8.78 Å². The molecule has 0 radical (unpaired) electrons. The van der Waals surface area contributed by atoms with Gasteiger partial charge in [0, 0.05) is 13.1 Å². The van der Waals surface area contributed by atoms with Crippen molar-refractivity contribution in [2.75, 3.05) is 22.9 Å². The van der Waals surface area contributed by atoms with Crippen LogP contribution < -0.4 is 9.80 Å². The van der Waals surface area contributed by atoms with Crippen LogP contribution >= 0.6 is 0 Å². The van der Waals surface area contributed by atoms with Crippen LogP contribution in [0.15, 0.2) is 84.9 Å². The molecule has 14 nitrogen and oxygen atoms in total. The smallest absolute Gasteiger partial charge is 0.322 e. The third-order valence-corrected chi connectivity index (χ3v) is 12.0. The highest BCUT2D eigenvalue weighted by Crippen LogP contribution is 2.48. The Bertz CT molecular complexity index is 2750. The van der Waals surface area contributed by atoms with Gasteiger partial charge >= 0.3 is 24.7 Å². The van der Waals surface area contributed by atoms with E-state index in [1.807, 2.05) is 19.1 Å². The van der Waals surface area contributed by atoms with Crippen LogP contribution in [0.5, 0.6) is 0 Å². The molecule has 4 fully saturated rings. The summed E-state index contributed by atoms with van der Waals surface area (Å²) in [6, 6.07) is 20.0. The van der Waals surface area contributed by atoms with Gasteiger partial charge in [0.15, 0.2) is 0 Å². The summed E-state index contributed by atoms with van der Waals surface area (Å²) in [5, 5.41) is 17.8. The molecule has 2 saturated carbocycles. The first-order valence-electron chi connectivity index (χ1n) is 20.5. The van der Waals surface area contributed by atoms with Crippen LogP contribution in [-0.2, 0) is 63.8 Å². The van der Waals surface area contributed by atoms with Gasteiger partial charge in [-0.05, 0) is 110 Å². The van der Waals surface area contributed by atoms with E-state index in [9.17, 15) is 54.3 Å². The predicted octanol–water partition coefficient (Wildman–Crippen LogP) is 7.11. The lowest BCUT2D eigenvalue weighted by atomic mass is 9.66. The van der Waals surface area contributed by atoms with Crippen LogP contribution in [0.25, 0.3) is 0 Å². The van der Waals surface area contributed by atoms with Gasteiger partial charge in [0.1, 0.15) is 35.8 Å². The summed E-state index contributed by atoms with van der Waals surface area (Å²) >= 11 is 0. The number of benzene rings is 4. The molecule has 22 heteroatoms. The number of halogens is 8. The van der Waals surface area contributed by atoms with E-state index in [-0.39, 0.29) is 60.4 Å². The van der Waals surface area contributed by atoms with Crippen LogP contribution in [0, 0.1) is 40.2 Å². The van der Waals surface area contributed by atoms with E-state index >= 15 is 0 Å². The third kappa shape index (κ3) is 10.9. The van der Waals surface area contributed by atoms with Gasteiger partial charge in [-0.3, -0.25) is 29.0 Å². The molecular weight excluding hydrogens is 929 g/mol. The minimum atomic E-state index is -4.47. The number of rotatable bonds is 6. The van der Waals surface area contributed by atoms with Gasteiger partial charge < -0.3 is 9.80 Å². The van der Waals surface area contributed by atoms with Crippen molar-refractivity contribution in [1.29, 1.82) is 10.5 Å². The first-order chi connectivity index (χ1) is 32.5. The maximum absolute atomic E-state index is 14.6. The second-order valence-corrected chi connectivity index (χ2v) is 16.3. The molecular formula is C47H36F8N6O8. The highest BCUT2D eigenvalue weighted by molar-refractivity contribution is 6.10. The number of carbonyl (C=O) groups is 4. The largest absolute Gasteiger partial charge is 0.416 e. The SMILES string of the molecule is CC1CC2(C1)C(=O)N(c1ccc(C#N)cc1F)CC(=O)N2Cc1ccc(C(F)(F)F)cc1.N#Cc1ccc(N2CC(=O)N(Cc3ccc(C(F)(F)F)cc3)C3(CCC3)C2=O)c(F)c1.O=C=O.O=C=O. The molecule has 4 aliphatic rings. The molecule has 0 aromatic heterocycles. The fourth-order valence-corrected chi connectivity index (χ4v) is 8.70. The summed E-state index contributed by atoms with van der Waals surface area (Å²) in [6.07, 6.45) is -6.17. The molecule has 358 valence electrons. The Morgan fingerprint density at radius 2 is 0.928 bits per heavy atom. The van der Waals surface area contributed by atoms with Crippen molar-refractivity contribution < 1.29 is 73.5 Å². The number of nitriles is 2. The third-order valence-electron chi connectivity index (χ3n) is 12.0. The predicted molar refractivity (Wildman–Crippen MR) is 219 cm³/mol. The first-order valence-corrected chi connectivity index (χ1v) is 20.5. The van der Waals surface area contributed by atoms with Crippen molar-refractivity contribution in [2.24, 2.45) is 5.92 Å².